The molecule has 1 N–H and O–H groups in total. The SMILES string of the molecule is Cl.FCC1C[C@H]2CC[C@@H](C1)N2. The minimum Gasteiger partial charge on any atom is -0.311 e. The van der Waals surface area contributed by atoms with Crippen molar-refractivity contribution in [1.82, 2.24) is 5.32 Å². The van der Waals surface area contributed by atoms with Crippen LogP contribution >= 0.6 is 12.4 Å². The number of rotatable bonds is 1. The van der Waals surface area contributed by atoms with Crippen molar-refractivity contribution < 1.29 is 4.39 Å². The smallest absolute Gasteiger partial charge is 0.0923 e. The number of nitrogens with one attached hydrogen (secondary N) is 1. The Morgan fingerprint density at radius 1 is 1.18 bits per heavy atom. The predicted molar refractivity (Wildman–Crippen MR) is 45.9 cm³/mol. The van der Waals surface area contributed by atoms with Crippen molar-refractivity contribution in [3.05, 3.63) is 0 Å². The summed E-state index contributed by atoms with van der Waals surface area (Å²) in [6, 6.07) is 1.30. The Balaban J connectivity index is 0.000000605. The molecular formula is C8H15ClFN. The zero-order valence-electron chi connectivity index (χ0n) is 6.55. The Labute approximate surface area is 73.2 Å². The maximum absolute atomic E-state index is 12.2. The topological polar surface area (TPSA) is 12.0 Å². The van der Waals surface area contributed by atoms with E-state index in [4.69, 9.17) is 0 Å². The lowest BCUT2D eigenvalue weighted by Gasteiger charge is -2.26. The first-order valence-electron chi connectivity index (χ1n) is 4.20. The number of hydrogen-bond donors (Lipinski definition) is 1. The van der Waals surface area contributed by atoms with Crippen molar-refractivity contribution in [3.63, 3.8) is 0 Å². The highest BCUT2D eigenvalue weighted by atomic mass is 35.5. The van der Waals surface area contributed by atoms with Crippen LogP contribution in [0.5, 0.6) is 0 Å². The fraction of sp³-hybridized carbons (Fsp3) is 1.00. The van der Waals surface area contributed by atoms with Crippen LogP contribution in [0, 0.1) is 5.92 Å². The van der Waals surface area contributed by atoms with E-state index in [1.54, 1.807) is 0 Å². The third-order valence-electron chi connectivity index (χ3n) is 2.79. The average molecular weight is 180 g/mol. The van der Waals surface area contributed by atoms with Gasteiger partial charge >= 0.3 is 0 Å². The zero-order chi connectivity index (χ0) is 6.97. The summed E-state index contributed by atoms with van der Waals surface area (Å²) in [7, 11) is 0. The van der Waals surface area contributed by atoms with Gasteiger partial charge in [-0.1, -0.05) is 0 Å². The summed E-state index contributed by atoms with van der Waals surface area (Å²) < 4.78 is 12.2. The third-order valence-corrected chi connectivity index (χ3v) is 2.79. The van der Waals surface area contributed by atoms with E-state index < -0.39 is 0 Å². The molecule has 1 unspecified atom stereocenters. The van der Waals surface area contributed by atoms with Crippen LogP contribution in [0.2, 0.25) is 0 Å². The number of halogens is 2. The zero-order valence-corrected chi connectivity index (χ0v) is 7.37. The first-order valence-corrected chi connectivity index (χ1v) is 4.20. The highest BCUT2D eigenvalue weighted by Crippen LogP contribution is 2.30. The van der Waals surface area contributed by atoms with E-state index in [-0.39, 0.29) is 19.1 Å². The van der Waals surface area contributed by atoms with Gasteiger partial charge in [0.2, 0.25) is 0 Å². The second-order valence-corrected chi connectivity index (χ2v) is 3.63. The molecular weight excluding hydrogens is 165 g/mol. The van der Waals surface area contributed by atoms with Gasteiger partial charge in [0.1, 0.15) is 0 Å². The second kappa shape index (κ2) is 3.72. The molecule has 2 bridgehead atoms. The van der Waals surface area contributed by atoms with Gasteiger partial charge in [-0.3, -0.25) is 4.39 Å². The van der Waals surface area contributed by atoms with Gasteiger partial charge in [-0.2, -0.15) is 0 Å². The normalized spacial score (nSPS) is 41.7. The van der Waals surface area contributed by atoms with Crippen molar-refractivity contribution in [1.29, 1.82) is 0 Å². The van der Waals surface area contributed by atoms with E-state index in [0.717, 1.165) is 12.8 Å². The summed E-state index contributed by atoms with van der Waals surface area (Å²) in [5, 5.41) is 3.49. The summed E-state index contributed by atoms with van der Waals surface area (Å²) in [6.45, 7) is -0.102. The van der Waals surface area contributed by atoms with Crippen LogP contribution in [0.4, 0.5) is 4.39 Å². The van der Waals surface area contributed by atoms with Crippen molar-refractivity contribution >= 4 is 12.4 Å². The summed E-state index contributed by atoms with van der Waals surface area (Å²) in [4.78, 5) is 0. The van der Waals surface area contributed by atoms with Gasteiger partial charge in [-0.15, -0.1) is 12.4 Å². The lowest BCUT2D eigenvalue weighted by molar-refractivity contribution is 0.246. The molecule has 2 rings (SSSR count). The molecule has 0 aliphatic carbocycles. The van der Waals surface area contributed by atoms with Crippen LogP contribution in [0.1, 0.15) is 25.7 Å². The van der Waals surface area contributed by atoms with Crippen molar-refractivity contribution in [3.8, 4) is 0 Å². The van der Waals surface area contributed by atoms with Gasteiger partial charge < -0.3 is 5.32 Å². The third kappa shape index (κ3) is 1.85. The Morgan fingerprint density at radius 2 is 1.73 bits per heavy atom. The Kier molecular flexibility index (Phi) is 3.14. The maximum Gasteiger partial charge on any atom is 0.0923 e. The average Bonchev–Trinajstić information content (AvgIpc) is 2.30. The summed E-state index contributed by atoms with van der Waals surface area (Å²) in [5.74, 6) is 0.374. The molecule has 2 aliphatic heterocycles. The second-order valence-electron chi connectivity index (χ2n) is 3.63. The number of piperidine rings is 1. The van der Waals surface area contributed by atoms with Crippen LogP contribution in [0.25, 0.3) is 0 Å². The van der Waals surface area contributed by atoms with Gasteiger partial charge in [0.05, 0.1) is 6.67 Å². The van der Waals surface area contributed by atoms with Crippen LogP contribution in [0.3, 0.4) is 0 Å². The van der Waals surface area contributed by atoms with E-state index in [2.05, 4.69) is 5.32 Å². The molecule has 2 heterocycles. The molecule has 0 radical (unpaired) electrons. The molecule has 0 saturated carbocycles. The number of hydrogen-bond acceptors (Lipinski definition) is 1. The van der Waals surface area contributed by atoms with Gasteiger partial charge in [0, 0.05) is 12.1 Å². The first kappa shape index (κ1) is 9.27. The Morgan fingerprint density at radius 3 is 2.18 bits per heavy atom. The molecule has 0 amide bonds. The molecule has 11 heavy (non-hydrogen) atoms. The van der Waals surface area contributed by atoms with Crippen LogP contribution in [-0.2, 0) is 0 Å². The Bertz CT molecular complexity index is 119. The van der Waals surface area contributed by atoms with E-state index >= 15 is 0 Å². The molecule has 3 heteroatoms. The van der Waals surface area contributed by atoms with Crippen LogP contribution in [-0.4, -0.2) is 18.8 Å². The monoisotopic (exact) mass is 179 g/mol. The molecule has 0 aromatic carbocycles. The van der Waals surface area contributed by atoms with E-state index in [1.807, 2.05) is 0 Å². The van der Waals surface area contributed by atoms with E-state index in [0.29, 0.717) is 18.0 Å². The summed E-state index contributed by atoms with van der Waals surface area (Å²) >= 11 is 0. The molecule has 2 fully saturated rings. The fourth-order valence-electron chi connectivity index (χ4n) is 2.30. The van der Waals surface area contributed by atoms with E-state index in [1.165, 1.54) is 12.8 Å². The quantitative estimate of drug-likeness (QED) is 0.649. The fourth-order valence-corrected chi connectivity index (χ4v) is 2.30. The van der Waals surface area contributed by atoms with Gasteiger partial charge in [-0.25, -0.2) is 0 Å². The van der Waals surface area contributed by atoms with Gasteiger partial charge in [-0.05, 0) is 31.6 Å². The highest BCUT2D eigenvalue weighted by molar-refractivity contribution is 5.85. The minimum atomic E-state index is -0.102. The summed E-state index contributed by atoms with van der Waals surface area (Å²) in [5.41, 5.74) is 0. The number of fused-ring (bicyclic) bond motifs is 2. The molecule has 2 saturated heterocycles. The van der Waals surface area contributed by atoms with Gasteiger partial charge in [0.15, 0.2) is 0 Å². The highest BCUT2D eigenvalue weighted by Gasteiger charge is 2.32. The molecule has 0 aromatic rings. The largest absolute Gasteiger partial charge is 0.311 e. The predicted octanol–water partition coefficient (Wildman–Crippen LogP) is 1.91. The van der Waals surface area contributed by atoms with Crippen LogP contribution < -0.4 is 5.32 Å². The standard InChI is InChI=1S/C8H14FN.ClH/c9-5-6-3-7-1-2-8(4-6)10-7;/h6-8,10H,1-5H2;1H/t6?,7-,8+;. The molecule has 66 valence electrons. The van der Waals surface area contributed by atoms with E-state index in [9.17, 15) is 4.39 Å². The lowest BCUT2D eigenvalue weighted by Crippen LogP contribution is -2.38. The van der Waals surface area contributed by atoms with Gasteiger partial charge in [0.25, 0.3) is 0 Å². The molecule has 3 atom stereocenters. The number of alkyl halides is 1. The molecule has 1 nitrogen and oxygen atoms in total. The maximum atomic E-state index is 12.2. The lowest BCUT2D eigenvalue weighted by atomic mass is 9.94. The first-order chi connectivity index (χ1) is 4.88. The molecule has 0 spiro atoms. The summed E-state index contributed by atoms with van der Waals surface area (Å²) in [6.07, 6.45) is 4.71. The van der Waals surface area contributed by atoms with Crippen molar-refractivity contribution in [2.45, 2.75) is 37.8 Å². The Hall–Kier alpha value is 0.180. The minimum absolute atomic E-state index is 0. The molecule has 2 aliphatic rings. The van der Waals surface area contributed by atoms with Crippen molar-refractivity contribution in [2.75, 3.05) is 6.67 Å². The molecule has 0 aromatic heterocycles. The van der Waals surface area contributed by atoms with Crippen LogP contribution in [0.15, 0.2) is 0 Å². The van der Waals surface area contributed by atoms with Crippen molar-refractivity contribution in [2.24, 2.45) is 5.92 Å².